The number of rotatable bonds is 3. The van der Waals surface area contributed by atoms with Crippen molar-refractivity contribution in [3.8, 4) is 0 Å². The highest BCUT2D eigenvalue weighted by Gasteiger charge is 2.05. The average Bonchev–Trinajstić information content (AvgIpc) is 2.36. The minimum Gasteiger partial charge on any atom is -0.396 e. The normalized spacial score (nSPS) is 13.4. The van der Waals surface area contributed by atoms with Crippen LogP contribution in [0.2, 0.25) is 0 Å². The van der Waals surface area contributed by atoms with Gasteiger partial charge in [0.2, 0.25) is 0 Å². The summed E-state index contributed by atoms with van der Waals surface area (Å²) in [5, 5.41) is 8.61. The molecule has 1 atom stereocenters. The summed E-state index contributed by atoms with van der Waals surface area (Å²) in [4.78, 5) is 3.12. The van der Waals surface area contributed by atoms with Crippen molar-refractivity contribution < 1.29 is 5.11 Å². The lowest BCUT2D eigenvalue weighted by atomic mass is 10.2. The Morgan fingerprint density at radius 1 is 1.64 bits per heavy atom. The van der Waals surface area contributed by atoms with Crippen molar-refractivity contribution in [3.05, 3.63) is 23.5 Å². The van der Waals surface area contributed by atoms with Gasteiger partial charge in [-0.15, -0.1) is 0 Å². The molecule has 1 aromatic rings. The van der Waals surface area contributed by atoms with Crippen LogP contribution >= 0.6 is 0 Å². The molecule has 1 aromatic heterocycles. The van der Waals surface area contributed by atoms with Gasteiger partial charge in [-0.3, -0.25) is 0 Å². The predicted molar refractivity (Wildman–Crippen MR) is 44.2 cm³/mol. The van der Waals surface area contributed by atoms with Gasteiger partial charge in [0.15, 0.2) is 0 Å². The number of hydrogen-bond acceptors (Lipinski definition) is 2. The second kappa shape index (κ2) is 3.55. The van der Waals surface area contributed by atoms with Crippen molar-refractivity contribution in [2.24, 2.45) is 5.73 Å². The number of H-pyrrole nitrogens is 1. The van der Waals surface area contributed by atoms with E-state index in [9.17, 15) is 0 Å². The van der Waals surface area contributed by atoms with Gasteiger partial charge in [-0.1, -0.05) is 0 Å². The Labute approximate surface area is 66.2 Å². The smallest absolute Gasteiger partial charge is 0.0469 e. The van der Waals surface area contributed by atoms with E-state index in [2.05, 4.69) is 4.98 Å². The van der Waals surface area contributed by atoms with E-state index < -0.39 is 0 Å². The lowest BCUT2D eigenvalue weighted by Gasteiger charge is -2.06. The molecule has 3 nitrogen and oxygen atoms in total. The van der Waals surface area contributed by atoms with Crippen LogP contribution in [0, 0.1) is 6.92 Å². The molecule has 0 aromatic carbocycles. The average molecular weight is 154 g/mol. The van der Waals surface area contributed by atoms with Crippen molar-refractivity contribution in [2.45, 2.75) is 19.4 Å². The third-order valence-corrected chi connectivity index (χ3v) is 1.69. The monoisotopic (exact) mass is 154 g/mol. The molecule has 1 heterocycles. The summed E-state index contributed by atoms with van der Waals surface area (Å²) in [7, 11) is 0. The molecule has 0 amide bonds. The van der Waals surface area contributed by atoms with Crippen molar-refractivity contribution in [1.29, 1.82) is 0 Å². The van der Waals surface area contributed by atoms with Crippen LogP contribution in [0.5, 0.6) is 0 Å². The lowest BCUT2D eigenvalue weighted by Crippen LogP contribution is -2.12. The fourth-order valence-corrected chi connectivity index (χ4v) is 1.04. The Balaban J connectivity index is 2.60. The van der Waals surface area contributed by atoms with Crippen molar-refractivity contribution in [3.63, 3.8) is 0 Å². The highest BCUT2D eigenvalue weighted by molar-refractivity contribution is 5.14. The zero-order valence-electron chi connectivity index (χ0n) is 6.67. The molecule has 0 fully saturated rings. The number of nitrogens with two attached hydrogens (primary N) is 1. The van der Waals surface area contributed by atoms with Crippen LogP contribution in [-0.4, -0.2) is 16.7 Å². The maximum absolute atomic E-state index is 8.61. The third kappa shape index (κ3) is 2.06. The van der Waals surface area contributed by atoms with E-state index in [0.29, 0.717) is 6.42 Å². The second-order valence-electron chi connectivity index (χ2n) is 2.72. The van der Waals surface area contributed by atoms with Crippen LogP contribution in [-0.2, 0) is 0 Å². The Morgan fingerprint density at radius 3 is 2.82 bits per heavy atom. The Kier molecular flexibility index (Phi) is 2.68. The van der Waals surface area contributed by atoms with Crippen LogP contribution in [0.15, 0.2) is 12.1 Å². The van der Waals surface area contributed by atoms with Gasteiger partial charge in [0.25, 0.3) is 0 Å². The number of hydrogen-bond donors (Lipinski definition) is 3. The molecule has 0 aliphatic heterocycles. The number of aliphatic hydroxyl groups excluding tert-OH is 1. The van der Waals surface area contributed by atoms with E-state index in [1.54, 1.807) is 0 Å². The van der Waals surface area contributed by atoms with Crippen LogP contribution in [0.1, 0.15) is 23.9 Å². The van der Waals surface area contributed by atoms with E-state index in [1.807, 2.05) is 19.1 Å². The van der Waals surface area contributed by atoms with E-state index in [0.717, 1.165) is 11.4 Å². The van der Waals surface area contributed by atoms with E-state index >= 15 is 0 Å². The topological polar surface area (TPSA) is 62.0 Å². The second-order valence-corrected chi connectivity index (χ2v) is 2.72. The molecular formula is C8H14N2O. The minimum atomic E-state index is -0.0614. The van der Waals surface area contributed by atoms with Gasteiger partial charge in [0.05, 0.1) is 0 Å². The largest absolute Gasteiger partial charge is 0.396 e. The van der Waals surface area contributed by atoms with Crippen LogP contribution in [0.3, 0.4) is 0 Å². The first kappa shape index (κ1) is 8.30. The quantitative estimate of drug-likeness (QED) is 0.600. The molecule has 0 aliphatic carbocycles. The summed E-state index contributed by atoms with van der Waals surface area (Å²) in [6.45, 7) is 2.12. The van der Waals surface area contributed by atoms with Gasteiger partial charge in [0.1, 0.15) is 0 Å². The molecule has 0 radical (unpaired) electrons. The molecule has 0 saturated heterocycles. The highest BCUT2D eigenvalue weighted by atomic mass is 16.3. The Bertz CT molecular complexity index is 220. The number of aromatic nitrogens is 1. The van der Waals surface area contributed by atoms with Crippen LogP contribution in [0.4, 0.5) is 0 Å². The van der Waals surface area contributed by atoms with Crippen LogP contribution in [0.25, 0.3) is 0 Å². The maximum atomic E-state index is 8.61. The van der Waals surface area contributed by atoms with Crippen LogP contribution < -0.4 is 5.73 Å². The minimum absolute atomic E-state index is 0.0614. The first-order chi connectivity index (χ1) is 5.24. The molecule has 0 spiro atoms. The summed E-state index contributed by atoms with van der Waals surface area (Å²) in [5.74, 6) is 0. The zero-order chi connectivity index (χ0) is 8.27. The molecule has 3 heteroatoms. The van der Waals surface area contributed by atoms with Gasteiger partial charge in [0, 0.05) is 24.0 Å². The molecular weight excluding hydrogens is 140 g/mol. The molecule has 62 valence electrons. The maximum Gasteiger partial charge on any atom is 0.0469 e. The third-order valence-electron chi connectivity index (χ3n) is 1.69. The van der Waals surface area contributed by atoms with Gasteiger partial charge >= 0.3 is 0 Å². The molecule has 1 rings (SSSR count). The van der Waals surface area contributed by atoms with E-state index in [1.165, 1.54) is 0 Å². The van der Waals surface area contributed by atoms with Crippen molar-refractivity contribution in [1.82, 2.24) is 4.98 Å². The number of aryl methyl sites for hydroxylation is 1. The predicted octanol–water partition coefficient (Wildman–Crippen LogP) is 0.705. The zero-order valence-corrected chi connectivity index (χ0v) is 6.67. The first-order valence-electron chi connectivity index (χ1n) is 3.76. The fraction of sp³-hybridized carbons (Fsp3) is 0.500. The molecule has 0 unspecified atom stereocenters. The van der Waals surface area contributed by atoms with E-state index in [4.69, 9.17) is 10.8 Å². The highest BCUT2D eigenvalue weighted by Crippen LogP contribution is 2.11. The lowest BCUT2D eigenvalue weighted by molar-refractivity contribution is 0.276. The SMILES string of the molecule is Cc1ccc([C@H](N)CCO)[nH]1. The number of nitrogens with one attached hydrogen (secondary N) is 1. The van der Waals surface area contributed by atoms with Gasteiger partial charge < -0.3 is 15.8 Å². The molecule has 0 aliphatic rings. The summed E-state index contributed by atoms with van der Waals surface area (Å²) in [6.07, 6.45) is 0.611. The number of aromatic amines is 1. The van der Waals surface area contributed by atoms with Crippen molar-refractivity contribution in [2.75, 3.05) is 6.61 Å². The summed E-state index contributed by atoms with van der Waals surface area (Å²) in [6, 6.07) is 3.87. The molecule has 4 N–H and O–H groups in total. The van der Waals surface area contributed by atoms with E-state index in [-0.39, 0.29) is 12.6 Å². The molecule has 0 bridgehead atoms. The summed E-state index contributed by atoms with van der Waals surface area (Å²) >= 11 is 0. The summed E-state index contributed by atoms with van der Waals surface area (Å²) in [5.41, 5.74) is 7.83. The Morgan fingerprint density at radius 2 is 2.36 bits per heavy atom. The fourth-order valence-electron chi connectivity index (χ4n) is 1.04. The van der Waals surface area contributed by atoms with Gasteiger partial charge in [-0.25, -0.2) is 0 Å². The van der Waals surface area contributed by atoms with Gasteiger partial charge in [-0.2, -0.15) is 0 Å². The van der Waals surface area contributed by atoms with Crippen molar-refractivity contribution >= 4 is 0 Å². The Hall–Kier alpha value is -0.800. The van der Waals surface area contributed by atoms with Gasteiger partial charge in [-0.05, 0) is 25.5 Å². The first-order valence-corrected chi connectivity index (χ1v) is 3.76. The summed E-state index contributed by atoms with van der Waals surface area (Å²) < 4.78 is 0. The number of aliphatic hydroxyl groups is 1. The standard InChI is InChI=1S/C8H14N2O/c1-6-2-3-8(10-6)7(9)4-5-11/h2-3,7,10-11H,4-5,9H2,1H3/t7-/m1/s1. The molecule has 11 heavy (non-hydrogen) atoms. The molecule has 0 saturated carbocycles.